The lowest BCUT2D eigenvalue weighted by atomic mass is 10.0. The zero-order valence-electron chi connectivity index (χ0n) is 18.1. The molecule has 0 radical (unpaired) electrons. The smallest absolute Gasteiger partial charge is 0.270 e. The minimum Gasteiger partial charge on any atom is -0.492 e. The highest BCUT2D eigenvalue weighted by atomic mass is 32.2. The van der Waals surface area contributed by atoms with E-state index in [0.717, 1.165) is 4.31 Å². The van der Waals surface area contributed by atoms with E-state index in [4.69, 9.17) is 4.74 Å². The highest BCUT2D eigenvalue weighted by Crippen LogP contribution is 2.40. The summed E-state index contributed by atoms with van der Waals surface area (Å²) in [6.07, 6.45) is 0. The Hall–Kier alpha value is -3.91. The molecule has 0 saturated carbocycles. The molecule has 0 saturated heterocycles. The maximum Gasteiger partial charge on any atom is 0.270 e. The lowest BCUT2D eigenvalue weighted by molar-refractivity contribution is -0.115. The van der Waals surface area contributed by atoms with Crippen molar-refractivity contribution in [2.75, 3.05) is 16.2 Å². The third-order valence-electron chi connectivity index (χ3n) is 5.10. The van der Waals surface area contributed by atoms with E-state index in [1.165, 1.54) is 31.2 Å². The molecule has 1 aliphatic rings. The van der Waals surface area contributed by atoms with Gasteiger partial charge in [-0.2, -0.15) is 0 Å². The number of benzene rings is 3. The van der Waals surface area contributed by atoms with Crippen molar-refractivity contribution in [1.82, 2.24) is 0 Å². The van der Waals surface area contributed by atoms with Crippen LogP contribution in [0.4, 0.5) is 11.4 Å². The zero-order chi connectivity index (χ0) is 23.6. The van der Waals surface area contributed by atoms with Crippen LogP contribution in [0.15, 0.2) is 83.8 Å². The van der Waals surface area contributed by atoms with Crippen LogP contribution in [0.25, 0.3) is 11.3 Å². The van der Waals surface area contributed by atoms with Crippen molar-refractivity contribution in [3.05, 3.63) is 90.0 Å². The maximum atomic E-state index is 13.3. The first kappa shape index (κ1) is 22.3. The minimum atomic E-state index is -4.15. The number of carbonyl (C=O) groups excluding carboxylic acids is 2. The van der Waals surface area contributed by atoms with Crippen LogP contribution in [-0.4, -0.2) is 26.8 Å². The van der Waals surface area contributed by atoms with Gasteiger partial charge in [-0.25, -0.2) is 12.7 Å². The van der Waals surface area contributed by atoms with Gasteiger partial charge in [0.05, 0.1) is 22.8 Å². The number of amides is 2. The van der Waals surface area contributed by atoms with Crippen molar-refractivity contribution < 1.29 is 22.7 Å². The summed E-state index contributed by atoms with van der Waals surface area (Å²) in [7, 11) is -4.15. The van der Waals surface area contributed by atoms with Gasteiger partial charge in [0.1, 0.15) is 5.76 Å². The maximum absolute atomic E-state index is 13.3. The Bertz CT molecular complexity index is 1350. The fourth-order valence-corrected chi connectivity index (χ4v) is 5.17. The molecule has 168 valence electrons. The van der Waals surface area contributed by atoms with Crippen LogP contribution >= 0.6 is 0 Å². The molecule has 0 fully saturated rings. The van der Waals surface area contributed by atoms with E-state index in [-0.39, 0.29) is 22.1 Å². The first-order valence-electron chi connectivity index (χ1n) is 10.3. The van der Waals surface area contributed by atoms with E-state index in [9.17, 15) is 18.0 Å². The molecule has 1 heterocycles. The van der Waals surface area contributed by atoms with E-state index >= 15 is 0 Å². The Labute approximate surface area is 192 Å². The first-order chi connectivity index (χ1) is 15.8. The molecule has 7 nitrogen and oxygen atoms in total. The second-order valence-corrected chi connectivity index (χ2v) is 9.08. The van der Waals surface area contributed by atoms with E-state index in [0.29, 0.717) is 29.2 Å². The zero-order valence-corrected chi connectivity index (χ0v) is 18.9. The molecule has 3 aromatic rings. The second-order valence-electron chi connectivity index (χ2n) is 7.29. The second kappa shape index (κ2) is 8.91. The van der Waals surface area contributed by atoms with E-state index in [2.05, 4.69) is 5.32 Å². The first-order valence-corrected chi connectivity index (χ1v) is 11.8. The number of rotatable bonds is 6. The van der Waals surface area contributed by atoms with Gasteiger partial charge in [-0.05, 0) is 37.3 Å². The van der Waals surface area contributed by atoms with Gasteiger partial charge in [-0.3, -0.25) is 9.59 Å². The Balaban J connectivity index is 1.90. The van der Waals surface area contributed by atoms with Crippen molar-refractivity contribution in [1.29, 1.82) is 0 Å². The molecule has 0 atom stereocenters. The summed E-state index contributed by atoms with van der Waals surface area (Å²) < 4.78 is 33.1. The number of hydrogen-bond donors (Lipinski definition) is 1. The van der Waals surface area contributed by atoms with Crippen LogP contribution in [0.3, 0.4) is 0 Å². The summed E-state index contributed by atoms with van der Waals surface area (Å²) in [4.78, 5) is 25.4. The van der Waals surface area contributed by atoms with E-state index < -0.39 is 15.9 Å². The number of hydrogen-bond acceptors (Lipinski definition) is 5. The molecule has 2 amide bonds. The summed E-state index contributed by atoms with van der Waals surface area (Å²) in [6.45, 7) is 3.33. The molecule has 0 aromatic heterocycles. The topological polar surface area (TPSA) is 92.8 Å². The molecule has 3 aromatic carbocycles. The van der Waals surface area contributed by atoms with Gasteiger partial charge in [-0.1, -0.05) is 48.5 Å². The van der Waals surface area contributed by atoms with Gasteiger partial charge in [0, 0.05) is 23.7 Å². The third-order valence-corrected chi connectivity index (χ3v) is 6.92. The molecule has 4 rings (SSSR count). The van der Waals surface area contributed by atoms with Crippen molar-refractivity contribution in [2.24, 2.45) is 0 Å². The van der Waals surface area contributed by atoms with Gasteiger partial charge >= 0.3 is 0 Å². The van der Waals surface area contributed by atoms with Gasteiger partial charge in [0.2, 0.25) is 5.91 Å². The normalized spacial score (nSPS) is 14.3. The number of ether oxygens (including phenoxy) is 1. The summed E-state index contributed by atoms with van der Waals surface area (Å²) in [5, 5.41) is 2.79. The van der Waals surface area contributed by atoms with Crippen LogP contribution < -0.4 is 9.62 Å². The number of nitrogens with one attached hydrogen (secondary N) is 1. The molecule has 33 heavy (non-hydrogen) atoms. The third kappa shape index (κ3) is 4.12. The van der Waals surface area contributed by atoms with Crippen molar-refractivity contribution in [3.8, 4) is 0 Å². The largest absolute Gasteiger partial charge is 0.492 e. The fourth-order valence-electron chi connectivity index (χ4n) is 3.73. The molecular weight excluding hydrogens is 440 g/mol. The minimum absolute atomic E-state index is 0.00930. The molecule has 0 spiro atoms. The predicted molar refractivity (Wildman–Crippen MR) is 127 cm³/mol. The summed E-state index contributed by atoms with van der Waals surface area (Å²) in [6, 6.07) is 21.5. The highest BCUT2D eigenvalue weighted by Gasteiger charge is 2.33. The molecule has 0 unspecified atom stereocenters. The van der Waals surface area contributed by atoms with Gasteiger partial charge in [0.15, 0.2) is 0 Å². The van der Waals surface area contributed by atoms with E-state index in [1.54, 1.807) is 24.3 Å². The fraction of sp³-hybridized carbons (Fsp3) is 0.120. The number of fused-ring (bicyclic) bond motifs is 1. The summed E-state index contributed by atoms with van der Waals surface area (Å²) in [5.74, 6) is -0.656. The van der Waals surface area contributed by atoms with Crippen LogP contribution in [0.5, 0.6) is 0 Å². The van der Waals surface area contributed by atoms with Crippen molar-refractivity contribution >= 4 is 44.5 Å². The Morgan fingerprint density at radius 1 is 0.970 bits per heavy atom. The Morgan fingerprint density at radius 2 is 1.61 bits per heavy atom. The number of sulfonamides is 1. The SMILES string of the molecule is CCOC(=C1C(=O)Nc2ccc(N(C(C)=O)S(=O)(=O)c3ccccc3)cc21)c1ccccc1. The molecule has 0 aliphatic carbocycles. The summed E-state index contributed by atoms with van der Waals surface area (Å²) >= 11 is 0. The molecule has 1 N–H and O–H groups in total. The molecular formula is C25H22N2O5S. The molecule has 1 aliphatic heterocycles. The van der Waals surface area contributed by atoms with Gasteiger partial charge in [0.25, 0.3) is 15.9 Å². The van der Waals surface area contributed by atoms with Crippen molar-refractivity contribution in [2.45, 2.75) is 18.7 Å². The summed E-state index contributed by atoms with van der Waals surface area (Å²) in [5.41, 5.74) is 2.08. The lowest BCUT2D eigenvalue weighted by Gasteiger charge is -2.22. The van der Waals surface area contributed by atoms with Crippen LogP contribution in [-0.2, 0) is 24.3 Å². The Morgan fingerprint density at radius 3 is 2.21 bits per heavy atom. The Kier molecular flexibility index (Phi) is 6.02. The average molecular weight is 463 g/mol. The van der Waals surface area contributed by atoms with Gasteiger partial charge < -0.3 is 10.1 Å². The predicted octanol–water partition coefficient (Wildman–Crippen LogP) is 4.29. The number of anilines is 2. The van der Waals surface area contributed by atoms with Crippen molar-refractivity contribution in [3.63, 3.8) is 0 Å². The standard InChI is InChI=1S/C25H22N2O5S/c1-3-32-24(18-10-6-4-7-11-18)23-21-16-19(14-15-22(21)26-25(23)29)27(17(2)28)33(30,31)20-12-8-5-9-13-20/h4-16H,3H2,1-2H3,(H,26,29). The van der Waals surface area contributed by atoms with Crippen LogP contribution in [0, 0.1) is 0 Å². The number of nitrogens with zero attached hydrogens (tertiary/aromatic N) is 1. The van der Waals surface area contributed by atoms with Crippen LogP contribution in [0.1, 0.15) is 25.0 Å². The average Bonchev–Trinajstić information content (AvgIpc) is 3.13. The molecule has 8 heteroatoms. The van der Waals surface area contributed by atoms with E-state index in [1.807, 2.05) is 37.3 Å². The van der Waals surface area contributed by atoms with Crippen LogP contribution in [0.2, 0.25) is 0 Å². The van der Waals surface area contributed by atoms with Gasteiger partial charge in [-0.15, -0.1) is 0 Å². The monoisotopic (exact) mass is 462 g/mol. The molecule has 0 bridgehead atoms. The quantitative estimate of drug-likeness (QED) is 0.436. The highest BCUT2D eigenvalue weighted by molar-refractivity contribution is 7.93. The lowest BCUT2D eigenvalue weighted by Crippen LogP contribution is -2.35. The number of carbonyl (C=O) groups is 2.